The fraction of sp³-hybridized carbons (Fsp3) is 1.00. The molecule has 4 nitrogen and oxygen atoms in total. The Morgan fingerprint density at radius 2 is 1.17 bits per heavy atom. The zero-order valence-electron chi connectivity index (χ0n) is 15.3. The van der Waals surface area contributed by atoms with Gasteiger partial charge >= 0.3 is 51.4 Å². The monoisotopic (exact) mass is 374 g/mol. The second kappa shape index (κ2) is 18.3. The predicted octanol–water partition coefficient (Wildman–Crippen LogP) is 1.38. The molecule has 0 aliphatic heterocycles. The summed E-state index contributed by atoms with van der Waals surface area (Å²) in [6, 6.07) is 0. The van der Waals surface area contributed by atoms with Crippen LogP contribution in [0.1, 0.15) is 96.8 Å². The van der Waals surface area contributed by atoms with Gasteiger partial charge in [0.05, 0.1) is 15.4 Å². The van der Waals surface area contributed by atoms with Gasteiger partial charge in [0, 0.05) is 6.61 Å². The molecule has 0 bridgehead atoms. The van der Waals surface area contributed by atoms with Crippen LogP contribution >= 0.6 is 0 Å². The first-order chi connectivity index (χ1) is 10.5. The minimum Gasteiger partial charge on any atom is -0.748 e. The van der Waals surface area contributed by atoms with Crippen molar-refractivity contribution in [2.45, 2.75) is 102 Å². The second-order valence-electron chi connectivity index (χ2n) is 6.30. The molecule has 134 valence electrons. The zero-order valence-corrected chi connectivity index (χ0v) is 19.2. The van der Waals surface area contributed by atoms with E-state index in [1.807, 2.05) is 0 Å². The number of hydrogen-bond acceptors (Lipinski definition) is 4. The summed E-state index contributed by atoms with van der Waals surface area (Å²) in [5.74, 6) is 0. The van der Waals surface area contributed by atoms with E-state index in [1.165, 1.54) is 57.8 Å². The van der Waals surface area contributed by atoms with Crippen molar-refractivity contribution in [2.24, 2.45) is 0 Å². The molecular weight excluding hydrogens is 339 g/mol. The van der Waals surface area contributed by atoms with Gasteiger partial charge in [0.2, 0.25) is 0 Å². The molecule has 0 aliphatic carbocycles. The van der Waals surface area contributed by atoms with Gasteiger partial charge in [0.25, 0.3) is 0 Å². The van der Waals surface area contributed by atoms with Crippen LogP contribution in [0.15, 0.2) is 0 Å². The van der Waals surface area contributed by atoms with E-state index in [0.717, 1.165) is 19.3 Å². The first kappa shape index (κ1) is 26.7. The van der Waals surface area contributed by atoms with E-state index in [2.05, 4.69) is 6.92 Å². The number of aliphatic hydroxyl groups is 1. The maximum atomic E-state index is 11.0. The molecule has 0 heterocycles. The molecule has 0 amide bonds. The summed E-state index contributed by atoms with van der Waals surface area (Å²) in [5, 5.41) is 7.89. The van der Waals surface area contributed by atoms with E-state index >= 15 is 0 Å². The second-order valence-corrected chi connectivity index (χ2v) is 7.96. The van der Waals surface area contributed by atoms with Crippen LogP contribution in [0.25, 0.3) is 0 Å². The van der Waals surface area contributed by atoms with Gasteiger partial charge in [0.1, 0.15) is 0 Å². The summed E-state index contributed by atoms with van der Waals surface area (Å²) in [6.45, 7) is 2.00. The van der Waals surface area contributed by atoms with Gasteiger partial charge in [-0.15, -0.1) is 0 Å². The van der Waals surface area contributed by atoms with Crippen LogP contribution in [0.2, 0.25) is 0 Å². The zero-order chi connectivity index (χ0) is 16.7. The van der Waals surface area contributed by atoms with Gasteiger partial charge in [-0.25, -0.2) is 8.42 Å². The van der Waals surface area contributed by atoms with Crippen LogP contribution < -0.4 is 51.4 Å². The molecule has 1 unspecified atom stereocenters. The number of unbranched alkanes of at least 4 members (excludes halogenated alkanes) is 11. The van der Waals surface area contributed by atoms with Gasteiger partial charge in [-0.3, -0.25) is 0 Å². The van der Waals surface area contributed by atoms with E-state index in [-0.39, 0.29) is 64.4 Å². The molecule has 23 heavy (non-hydrogen) atoms. The summed E-state index contributed by atoms with van der Waals surface area (Å²) in [5.41, 5.74) is 0. The molecule has 1 atom stereocenters. The molecule has 0 radical (unpaired) electrons. The minimum absolute atomic E-state index is 0. The van der Waals surface area contributed by atoms with Crippen molar-refractivity contribution in [1.29, 1.82) is 0 Å². The van der Waals surface area contributed by atoms with E-state index < -0.39 is 15.4 Å². The average Bonchev–Trinajstić information content (AvgIpc) is 2.46. The third kappa shape index (κ3) is 18.1. The van der Waals surface area contributed by atoms with E-state index in [0.29, 0.717) is 6.42 Å². The molecule has 0 rings (SSSR count). The van der Waals surface area contributed by atoms with Crippen LogP contribution in [-0.2, 0) is 10.1 Å². The first-order valence-electron chi connectivity index (χ1n) is 9.08. The number of rotatable bonds is 16. The molecule has 6 heteroatoms. The molecule has 0 aromatic heterocycles. The Labute approximate surface area is 186 Å². The third-order valence-electron chi connectivity index (χ3n) is 4.24. The summed E-state index contributed by atoms with van der Waals surface area (Å²) < 4.78 is 33.0. The largest absolute Gasteiger partial charge is 1.00 e. The maximum Gasteiger partial charge on any atom is 1.00 e. The summed E-state index contributed by atoms with van der Waals surface area (Å²) >= 11 is 0. The molecule has 1 N–H and O–H groups in total. The Hall–Kier alpha value is 1.51. The molecule has 0 fully saturated rings. The quantitative estimate of drug-likeness (QED) is 0.251. The standard InChI is InChI=1S/C17H36O4S.K/c1-2-3-4-5-6-7-8-9-10-11-12-13-14-17(15-16-18)22(19,20)21;/h17-18H,2-16H2,1H3,(H,19,20,21);/q;+1/p-1. The van der Waals surface area contributed by atoms with E-state index in [1.54, 1.807) is 0 Å². The first-order valence-corrected chi connectivity index (χ1v) is 10.5. The number of aliphatic hydroxyl groups excluding tert-OH is 1. The van der Waals surface area contributed by atoms with Gasteiger partial charge < -0.3 is 9.66 Å². The van der Waals surface area contributed by atoms with Gasteiger partial charge in [-0.2, -0.15) is 0 Å². The van der Waals surface area contributed by atoms with Crippen molar-refractivity contribution < 1.29 is 69.5 Å². The molecule has 0 saturated heterocycles. The SMILES string of the molecule is CCCCCCCCCCCCCCC(CCO)S(=O)(=O)[O-].[K+]. The number of hydrogen-bond donors (Lipinski definition) is 1. The van der Waals surface area contributed by atoms with Crippen LogP contribution in [0, 0.1) is 0 Å². The van der Waals surface area contributed by atoms with Crippen LogP contribution in [-0.4, -0.2) is 29.9 Å². The van der Waals surface area contributed by atoms with E-state index in [4.69, 9.17) is 5.11 Å². The molecule has 0 saturated carbocycles. The Morgan fingerprint density at radius 3 is 1.52 bits per heavy atom. The normalized spacial score (nSPS) is 12.8. The van der Waals surface area contributed by atoms with Crippen LogP contribution in [0.3, 0.4) is 0 Å². The Balaban J connectivity index is 0. The van der Waals surface area contributed by atoms with Gasteiger partial charge in [0.15, 0.2) is 0 Å². The van der Waals surface area contributed by atoms with Crippen molar-refractivity contribution >= 4 is 10.1 Å². The van der Waals surface area contributed by atoms with Crippen LogP contribution in [0.4, 0.5) is 0 Å². The molecular formula is C17H35KO4S. The molecule has 0 aliphatic rings. The van der Waals surface area contributed by atoms with Crippen LogP contribution in [0.5, 0.6) is 0 Å². The van der Waals surface area contributed by atoms with Crippen molar-refractivity contribution in [3.8, 4) is 0 Å². The summed E-state index contributed by atoms with van der Waals surface area (Å²) in [6.07, 6.45) is 15.2. The van der Waals surface area contributed by atoms with E-state index in [9.17, 15) is 13.0 Å². The average molecular weight is 375 g/mol. The minimum atomic E-state index is -4.25. The summed E-state index contributed by atoms with van der Waals surface area (Å²) in [4.78, 5) is 0. The molecule has 0 spiro atoms. The fourth-order valence-corrected chi connectivity index (χ4v) is 3.64. The van der Waals surface area contributed by atoms with Gasteiger partial charge in [-0.05, 0) is 12.8 Å². The Kier molecular flexibility index (Phi) is 21.3. The Bertz CT molecular complexity index is 333. The maximum absolute atomic E-state index is 11.0. The predicted molar refractivity (Wildman–Crippen MR) is 90.9 cm³/mol. The molecule has 0 aromatic rings. The molecule has 0 aromatic carbocycles. The summed E-state index contributed by atoms with van der Waals surface area (Å²) in [7, 11) is -4.25. The van der Waals surface area contributed by atoms with Gasteiger partial charge in [-0.1, -0.05) is 84.0 Å². The smallest absolute Gasteiger partial charge is 0.748 e. The van der Waals surface area contributed by atoms with Crippen molar-refractivity contribution in [1.82, 2.24) is 0 Å². The topological polar surface area (TPSA) is 77.4 Å². The Morgan fingerprint density at radius 1 is 0.783 bits per heavy atom. The fourth-order valence-electron chi connectivity index (χ4n) is 2.79. The van der Waals surface area contributed by atoms with Crippen molar-refractivity contribution in [2.75, 3.05) is 6.61 Å². The van der Waals surface area contributed by atoms with Crippen molar-refractivity contribution in [3.05, 3.63) is 0 Å². The van der Waals surface area contributed by atoms with Crippen molar-refractivity contribution in [3.63, 3.8) is 0 Å². The third-order valence-corrected chi connectivity index (χ3v) is 5.53.